The van der Waals surface area contributed by atoms with Crippen LogP contribution >= 0.6 is 24.0 Å². The molecule has 0 radical (unpaired) electrons. The van der Waals surface area contributed by atoms with Crippen LogP contribution in [-0.4, -0.2) is 76.0 Å². The van der Waals surface area contributed by atoms with E-state index in [1.54, 1.807) is 19.0 Å². The Morgan fingerprint density at radius 3 is 2.13 bits per heavy atom. The monoisotopic (exact) mass is 441 g/mol. The number of unbranched alkanes of at least 4 members (excludes halogenated alkanes) is 4. The molecular weight excluding hydrogens is 405 g/mol. The Morgan fingerprint density at radius 1 is 0.957 bits per heavy atom. The van der Waals surface area contributed by atoms with Gasteiger partial charge in [-0.3, -0.25) is 4.79 Å². The van der Waals surface area contributed by atoms with Gasteiger partial charge in [0.2, 0.25) is 5.91 Å². The molecule has 0 fully saturated rings. The van der Waals surface area contributed by atoms with Gasteiger partial charge in [0.15, 0.2) is 5.96 Å². The average molecular weight is 441 g/mol. The Bertz CT molecular complexity index is 322. The molecule has 0 heterocycles. The first-order valence-electron chi connectivity index (χ1n) is 8.34. The smallest absolute Gasteiger partial charge is 0.243 e. The zero-order chi connectivity index (χ0) is 16.8. The summed E-state index contributed by atoms with van der Waals surface area (Å²) in [5.41, 5.74) is 0. The number of likely N-dealkylation sites (N-methyl/N-ethyl adjacent to an activating group) is 1. The van der Waals surface area contributed by atoms with E-state index in [1.165, 1.54) is 32.2 Å². The number of nitrogens with one attached hydrogen (secondary N) is 2. The zero-order valence-electron chi connectivity index (χ0n) is 15.5. The lowest BCUT2D eigenvalue weighted by molar-refractivity contribution is -0.127. The molecule has 0 unspecified atom stereocenters. The van der Waals surface area contributed by atoms with Gasteiger partial charge in [-0.05, 0) is 40.4 Å². The maximum atomic E-state index is 11.5. The fourth-order valence-corrected chi connectivity index (χ4v) is 1.92. The van der Waals surface area contributed by atoms with Crippen LogP contribution in [0.5, 0.6) is 0 Å². The molecule has 0 aliphatic rings. The molecule has 0 spiro atoms. The van der Waals surface area contributed by atoms with Crippen LogP contribution in [0.2, 0.25) is 0 Å². The highest BCUT2D eigenvalue weighted by molar-refractivity contribution is 14.0. The number of nitrogens with zero attached hydrogens (tertiary/aromatic N) is 3. The second-order valence-electron chi connectivity index (χ2n) is 5.98. The molecule has 1 amide bonds. The van der Waals surface area contributed by atoms with E-state index < -0.39 is 0 Å². The van der Waals surface area contributed by atoms with Crippen molar-refractivity contribution in [2.24, 2.45) is 4.99 Å². The summed E-state index contributed by atoms with van der Waals surface area (Å²) in [7, 11) is 7.72. The molecule has 0 aromatic carbocycles. The van der Waals surface area contributed by atoms with E-state index in [0.717, 1.165) is 25.5 Å². The van der Waals surface area contributed by atoms with Gasteiger partial charge < -0.3 is 20.4 Å². The molecule has 0 aliphatic carbocycles. The van der Waals surface area contributed by atoms with Crippen molar-refractivity contribution in [1.82, 2.24) is 20.4 Å². The molecule has 6 nitrogen and oxygen atoms in total. The largest absolute Gasteiger partial charge is 0.357 e. The quantitative estimate of drug-likeness (QED) is 0.222. The molecule has 0 aromatic rings. The van der Waals surface area contributed by atoms with Gasteiger partial charge in [-0.25, -0.2) is 4.99 Å². The van der Waals surface area contributed by atoms with Crippen LogP contribution in [0.25, 0.3) is 0 Å². The van der Waals surface area contributed by atoms with Crippen molar-refractivity contribution in [3.63, 3.8) is 0 Å². The van der Waals surface area contributed by atoms with E-state index in [2.05, 4.69) is 34.6 Å². The number of carbonyl (C=O) groups excluding carboxylic acids is 1. The minimum Gasteiger partial charge on any atom is -0.357 e. The lowest BCUT2D eigenvalue weighted by Gasteiger charge is -2.12. The molecule has 7 heteroatoms. The summed E-state index contributed by atoms with van der Waals surface area (Å²) in [6.45, 7) is 5.08. The normalized spacial score (nSPS) is 11.1. The molecule has 0 saturated carbocycles. The molecule has 23 heavy (non-hydrogen) atoms. The molecule has 2 N–H and O–H groups in total. The van der Waals surface area contributed by atoms with Crippen molar-refractivity contribution in [1.29, 1.82) is 0 Å². The highest BCUT2D eigenvalue weighted by Crippen LogP contribution is 2.02. The first kappa shape index (κ1) is 24.7. The summed E-state index contributed by atoms with van der Waals surface area (Å²) in [6.07, 6.45) is 6.22. The number of guanidine groups is 1. The molecule has 0 bridgehead atoms. The Balaban J connectivity index is 0. The van der Waals surface area contributed by atoms with E-state index in [9.17, 15) is 4.79 Å². The first-order valence-corrected chi connectivity index (χ1v) is 8.34. The van der Waals surface area contributed by atoms with Crippen molar-refractivity contribution in [2.75, 3.05) is 54.4 Å². The topological polar surface area (TPSA) is 60.0 Å². The SMILES string of the molecule is CCNC(=NCC(=O)N(C)C)NCCCCCCCN(C)C.I. The van der Waals surface area contributed by atoms with Gasteiger partial charge in [-0.2, -0.15) is 0 Å². The van der Waals surface area contributed by atoms with Gasteiger partial charge >= 0.3 is 0 Å². The van der Waals surface area contributed by atoms with E-state index in [-0.39, 0.29) is 36.4 Å². The van der Waals surface area contributed by atoms with Gasteiger partial charge in [-0.1, -0.05) is 19.3 Å². The van der Waals surface area contributed by atoms with Crippen molar-refractivity contribution >= 4 is 35.8 Å². The van der Waals surface area contributed by atoms with Gasteiger partial charge in [-0.15, -0.1) is 24.0 Å². The van der Waals surface area contributed by atoms with Crippen molar-refractivity contribution in [3.05, 3.63) is 0 Å². The molecule has 138 valence electrons. The van der Waals surface area contributed by atoms with Crippen LogP contribution in [0.15, 0.2) is 4.99 Å². The van der Waals surface area contributed by atoms with Crippen molar-refractivity contribution in [2.45, 2.75) is 39.0 Å². The summed E-state index contributed by atoms with van der Waals surface area (Å²) in [5, 5.41) is 6.45. The van der Waals surface area contributed by atoms with Crippen molar-refractivity contribution in [3.8, 4) is 0 Å². The fraction of sp³-hybridized carbons (Fsp3) is 0.875. The highest BCUT2D eigenvalue weighted by Gasteiger charge is 2.03. The molecule has 0 atom stereocenters. The average Bonchev–Trinajstić information content (AvgIpc) is 2.46. The molecular formula is C16H36IN5O. The minimum absolute atomic E-state index is 0. The van der Waals surface area contributed by atoms with Gasteiger partial charge in [0.05, 0.1) is 0 Å². The van der Waals surface area contributed by atoms with E-state index in [0.29, 0.717) is 0 Å². The van der Waals surface area contributed by atoms with Crippen LogP contribution in [-0.2, 0) is 4.79 Å². The second-order valence-corrected chi connectivity index (χ2v) is 5.98. The zero-order valence-corrected chi connectivity index (χ0v) is 17.9. The third-order valence-electron chi connectivity index (χ3n) is 3.29. The maximum absolute atomic E-state index is 11.5. The number of aliphatic imine (C=N–C) groups is 1. The summed E-state index contributed by atoms with van der Waals surface area (Å²) in [5.74, 6) is 0.739. The number of carbonyl (C=O) groups is 1. The second kappa shape index (κ2) is 16.3. The number of halogens is 1. The van der Waals surface area contributed by atoms with Crippen LogP contribution in [0.4, 0.5) is 0 Å². The van der Waals surface area contributed by atoms with Crippen LogP contribution < -0.4 is 10.6 Å². The van der Waals surface area contributed by atoms with Crippen LogP contribution in [0, 0.1) is 0 Å². The van der Waals surface area contributed by atoms with Gasteiger partial charge in [0, 0.05) is 27.2 Å². The predicted molar refractivity (Wildman–Crippen MR) is 110 cm³/mol. The van der Waals surface area contributed by atoms with E-state index in [4.69, 9.17) is 0 Å². The van der Waals surface area contributed by atoms with E-state index >= 15 is 0 Å². The predicted octanol–water partition coefficient (Wildman–Crippen LogP) is 1.76. The number of hydrogen-bond donors (Lipinski definition) is 2. The minimum atomic E-state index is 0. The Kier molecular flexibility index (Phi) is 17.5. The van der Waals surface area contributed by atoms with Gasteiger partial charge in [0.1, 0.15) is 6.54 Å². The summed E-state index contributed by atoms with van der Waals surface area (Å²) in [6, 6.07) is 0. The highest BCUT2D eigenvalue weighted by atomic mass is 127. The lowest BCUT2D eigenvalue weighted by atomic mass is 10.1. The maximum Gasteiger partial charge on any atom is 0.243 e. The Morgan fingerprint density at radius 2 is 1.57 bits per heavy atom. The number of amides is 1. The van der Waals surface area contributed by atoms with Crippen LogP contribution in [0.1, 0.15) is 39.0 Å². The molecule has 0 rings (SSSR count). The Hall–Kier alpha value is -0.570. The lowest BCUT2D eigenvalue weighted by Crippen LogP contribution is -2.38. The summed E-state index contributed by atoms with van der Waals surface area (Å²) >= 11 is 0. The van der Waals surface area contributed by atoms with Gasteiger partial charge in [0.25, 0.3) is 0 Å². The molecule has 0 aromatic heterocycles. The molecule has 0 aliphatic heterocycles. The van der Waals surface area contributed by atoms with E-state index in [1.807, 2.05) is 6.92 Å². The van der Waals surface area contributed by atoms with Crippen molar-refractivity contribution < 1.29 is 4.79 Å². The molecule has 0 saturated heterocycles. The van der Waals surface area contributed by atoms with Crippen LogP contribution in [0.3, 0.4) is 0 Å². The third kappa shape index (κ3) is 16.1. The number of rotatable bonds is 11. The third-order valence-corrected chi connectivity index (χ3v) is 3.29. The fourth-order valence-electron chi connectivity index (χ4n) is 1.92. The summed E-state index contributed by atoms with van der Waals surface area (Å²) in [4.78, 5) is 19.6. The summed E-state index contributed by atoms with van der Waals surface area (Å²) < 4.78 is 0. The number of hydrogen-bond acceptors (Lipinski definition) is 3. The Labute approximate surface area is 159 Å². The standard InChI is InChI=1S/C16H35N5O.HI/c1-6-17-16(19-14-15(22)21(4)5)18-12-10-8-7-9-11-13-20(2)3;/h6-14H2,1-5H3,(H2,17,18,19);1H. The first-order chi connectivity index (χ1) is 10.5.